The molecule has 1 N–H and O–H groups in total. The molecule has 0 saturated carbocycles. The molecular formula is C8H16N2O2. The summed E-state index contributed by atoms with van der Waals surface area (Å²) in [4.78, 5) is 10.6. The zero-order valence-corrected chi connectivity index (χ0v) is 7.77. The highest BCUT2D eigenvalue weighted by atomic mass is 16.3. The SMILES string of the molecule is CC1CN(C(C)C)N(C=O)C1O. The number of carbonyl (C=O) groups excluding carboxylic acids is 1. The molecule has 1 heterocycles. The topological polar surface area (TPSA) is 43.8 Å². The maximum absolute atomic E-state index is 10.6. The van der Waals surface area contributed by atoms with Crippen molar-refractivity contribution in [2.75, 3.05) is 6.54 Å². The van der Waals surface area contributed by atoms with Gasteiger partial charge >= 0.3 is 0 Å². The van der Waals surface area contributed by atoms with Crippen LogP contribution in [0.1, 0.15) is 20.8 Å². The van der Waals surface area contributed by atoms with Crippen molar-refractivity contribution in [2.24, 2.45) is 5.92 Å². The third-order valence-electron chi connectivity index (χ3n) is 2.26. The molecule has 70 valence electrons. The van der Waals surface area contributed by atoms with Crippen LogP contribution in [-0.4, -0.2) is 40.3 Å². The van der Waals surface area contributed by atoms with Gasteiger partial charge < -0.3 is 5.11 Å². The molecule has 0 aliphatic carbocycles. The van der Waals surface area contributed by atoms with Crippen molar-refractivity contribution < 1.29 is 9.90 Å². The zero-order valence-electron chi connectivity index (χ0n) is 7.77. The van der Waals surface area contributed by atoms with Gasteiger partial charge in [-0.25, -0.2) is 10.0 Å². The van der Waals surface area contributed by atoms with E-state index in [1.54, 1.807) is 0 Å². The summed E-state index contributed by atoms with van der Waals surface area (Å²) >= 11 is 0. The minimum atomic E-state index is -0.648. The number of rotatable bonds is 2. The van der Waals surface area contributed by atoms with Crippen LogP contribution in [0.3, 0.4) is 0 Å². The predicted molar refractivity (Wildman–Crippen MR) is 44.9 cm³/mol. The zero-order chi connectivity index (χ0) is 9.30. The first-order valence-electron chi connectivity index (χ1n) is 4.26. The van der Waals surface area contributed by atoms with Gasteiger partial charge in [0.15, 0.2) is 0 Å². The van der Waals surface area contributed by atoms with Gasteiger partial charge in [-0.2, -0.15) is 0 Å². The molecule has 0 bridgehead atoms. The van der Waals surface area contributed by atoms with Crippen LogP contribution in [0.15, 0.2) is 0 Å². The summed E-state index contributed by atoms with van der Waals surface area (Å²) in [5.41, 5.74) is 0. The van der Waals surface area contributed by atoms with Gasteiger partial charge in [0, 0.05) is 18.5 Å². The van der Waals surface area contributed by atoms with E-state index in [1.165, 1.54) is 5.01 Å². The van der Waals surface area contributed by atoms with E-state index >= 15 is 0 Å². The van der Waals surface area contributed by atoms with E-state index in [9.17, 15) is 9.90 Å². The Bertz CT molecular complexity index is 172. The first-order chi connectivity index (χ1) is 5.57. The summed E-state index contributed by atoms with van der Waals surface area (Å²) in [5.74, 6) is 0.137. The standard InChI is InChI=1S/C8H16N2O2/c1-6(2)9-4-7(3)8(12)10(9)5-11/h5-8,12H,4H2,1-3H3. The Hall–Kier alpha value is -0.610. The second-order valence-electron chi connectivity index (χ2n) is 3.59. The summed E-state index contributed by atoms with van der Waals surface area (Å²) < 4.78 is 0. The highest BCUT2D eigenvalue weighted by molar-refractivity contribution is 5.47. The number of aliphatic hydroxyl groups is 1. The normalized spacial score (nSPS) is 31.6. The Balaban J connectivity index is 2.71. The monoisotopic (exact) mass is 172 g/mol. The van der Waals surface area contributed by atoms with Crippen molar-refractivity contribution in [3.05, 3.63) is 0 Å². The van der Waals surface area contributed by atoms with Gasteiger partial charge in [0.1, 0.15) is 6.23 Å². The van der Waals surface area contributed by atoms with Crippen LogP contribution < -0.4 is 0 Å². The first-order valence-corrected chi connectivity index (χ1v) is 4.26. The molecule has 12 heavy (non-hydrogen) atoms. The van der Waals surface area contributed by atoms with Gasteiger partial charge in [0.2, 0.25) is 6.41 Å². The van der Waals surface area contributed by atoms with Crippen molar-refractivity contribution in [3.63, 3.8) is 0 Å². The molecule has 0 aromatic rings. The van der Waals surface area contributed by atoms with Crippen molar-refractivity contribution in [2.45, 2.75) is 33.0 Å². The minimum absolute atomic E-state index is 0.137. The third kappa shape index (κ3) is 1.44. The Morgan fingerprint density at radius 1 is 1.58 bits per heavy atom. The van der Waals surface area contributed by atoms with E-state index in [-0.39, 0.29) is 12.0 Å². The lowest BCUT2D eigenvalue weighted by Gasteiger charge is -2.29. The predicted octanol–water partition coefficient (Wildman–Crippen LogP) is 0.0383. The lowest BCUT2D eigenvalue weighted by Crippen LogP contribution is -2.43. The number of hydrazine groups is 1. The molecule has 1 amide bonds. The van der Waals surface area contributed by atoms with Gasteiger partial charge in [0.25, 0.3) is 0 Å². The first kappa shape index (κ1) is 9.48. The van der Waals surface area contributed by atoms with Crippen LogP contribution in [0, 0.1) is 5.92 Å². The van der Waals surface area contributed by atoms with Crippen molar-refractivity contribution in [3.8, 4) is 0 Å². The highest BCUT2D eigenvalue weighted by Gasteiger charge is 2.36. The minimum Gasteiger partial charge on any atom is -0.372 e. The number of aliphatic hydroxyl groups excluding tert-OH is 1. The number of carbonyl (C=O) groups is 1. The lowest BCUT2D eigenvalue weighted by molar-refractivity contribution is -0.149. The quantitative estimate of drug-likeness (QED) is 0.598. The lowest BCUT2D eigenvalue weighted by atomic mass is 10.2. The molecule has 2 unspecified atom stereocenters. The smallest absolute Gasteiger partial charge is 0.226 e. The Kier molecular flexibility index (Phi) is 2.69. The molecule has 4 heteroatoms. The second kappa shape index (κ2) is 3.41. The van der Waals surface area contributed by atoms with Crippen molar-refractivity contribution in [1.29, 1.82) is 0 Å². The fourth-order valence-electron chi connectivity index (χ4n) is 1.50. The van der Waals surface area contributed by atoms with E-state index in [4.69, 9.17) is 0 Å². The van der Waals surface area contributed by atoms with Gasteiger partial charge in [-0.3, -0.25) is 4.79 Å². The van der Waals surface area contributed by atoms with Crippen LogP contribution in [0.5, 0.6) is 0 Å². The fraction of sp³-hybridized carbons (Fsp3) is 0.875. The van der Waals surface area contributed by atoms with Crippen LogP contribution in [-0.2, 0) is 4.79 Å². The van der Waals surface area contributed by atoms with Crippen LogP contribution in [0.4, 0.5) is 0 Å². The molecule has 1 aliphatic rings. The molecule has 0 aromatic heterocycles. The van der Waals surface area contributed by atoms with Crippen LogP contribution in [0.2, 0.25) is 0 Å². The Labute approximate surface area is 72.7 Å². The highest BCUT2D eigenvalue weighted by Crippen LogP contribution is 2.22. The molecule has 4 nitrogen and oxygen atoms in total. The fourth-order valence-corrected chi connectivity index (χ4v) is 1.50. The molecule has 1 rings (SSSR count). The molecular weight excluding hydrogens is 156 g/mol. The number of hydrogen-bond acceptors (Lipinski definition) is 3. The molecule has 1 saturated heterocycles. The summed E-state index contributed by atoms with van der Waals surface area (Å²) in [6.07, 6.45) is 0.0404. The van der Waals surface area contributed by atoms with Gasteiger partial charge in [-0.15, -0.1) is 0 Å². The van der Waals surface area contributed by atoms with Crippen molar-refractivity contribution in [1.82, 2.24) is 10.0 Å². The number of hydrogen-bond donors (Lipinski definition) is 1. The van der Waals surface area contributed by atoms with E-state index in [2.05, 4.69) is 0 Å². The average molecular weight is 172 g/mol. The van der Waals surface area contributed by atoms with E-state index in [1.807, 2.05) is 25.8 Å². The van der Waals surface area contributed by atoms with Gasteiger partial charge in [0.05, 0.1) is 0 Å². The van der Waals surface area contributed by atoms with E-state index < -0.39 is 6.23 Å². The largest absolute Gasteiger partial charge is 0.372 e. The van der Waals surface area contributed by atoms with Crippen LogP contribution in [0.25, 0.3) is 0 Å². The van der Waals surface area contributed by atoms with E-state index in [0.717, 1.165) is 6.54 Å². The maximum Gasteiger partial charge on any atom is 0.226 e. The van der Waals surface area contributed by atoms with Crippen LogP contribution >= 0.6 is 0 Å². The molecule has 1 aliphatic heterocycles. The van der Waals surface area contributed by atoms with Gasteiger partial charge in [-0.1, -0.05) is 6.92 Å². The molecule has 2 atom stereocenters. The third-order valence-corrected chi connectivity index (χ3v) is 2.26. The molecule has 0 spiro atoms. The number of nitrogens with zero attached hydrogens (tertiary/aromatic N) is 2. The van der Waals surface area contributed by atoms with Gasteiger partial charge in [-0.05, 0) is 13.8 Å². The molecule has 0 radical (unpaired) electrons. The summed E-state index contributed by atoms with van der Waals surface area (Å²) in [6, 6.07) is 0.259. The van der Waals surface area contributed by atoms with E-state index in [0.29, 0.717) is 6.41 Å². The summed E-state index contributed by atoms with van der Waals surface area (Å²) in [6.45, 7) is 6.68. The van der Waals surface area contributed by atoms with Crippen molar-refractivity contribution >= 4 is 6.41 Å². The Morgan fingerprint density at radius 3 is 2.50 bits per heavy atom. The summed E-state index contributed by atoms with van der Waals surface area (Å²) in [5, 5.41) is 12.8. The second-order valence-corrected chi connectivity index (χ2v) is 3.59. The Morgan fingerprint density at radius 2 is 2.17 bits per heavy atom. The molecule has 0 aromatic carbocycles. The number of amides is 1. The maximum atomic E-state index is 10.6. The summed E-state index contributed by atoms with van der Waals surface area (Å²) in [7, 11) is 0. The molecule has 1 fully saturated rings. The average Bonchev–Trinajstić information content (AvgIpc) is 2.29.